The van der Waals surface area contributed by atoms with Crippen LogP contribution >= 0.6 is 0 Å². The second-order valence-corrected chi connectivity index (χ2v) is 4.60. The van der Waals surface area contributed by atoms with Crippen molar-refractivity contribution in [1.82, 2.24) is 9.97 Å². The SMILES string of the molecule is Cc1cc(C#N)cc(Oc2ccc(N)c3ncccc23)n1. The minimum Gasteiger partial charge on any atom is -0.438 e. The number of anilines is 1. The molecule has 0 aliphatic rings. The van der Waals surface area contributed by atoms with Crippen LogP contribution in [-0.4, -0.2) is 9.97 Å². The van der Waals surface area contributed by atoms with Gasteiger partial charge in [-0.05, 0) is 37.3 Å². The summed E-state index contributed by atoms with van der Waals surface area (Å²) >= 11 is 0. The molecule has 3 aromatic rings. The first-order chi connectivity index (χ1) is 10.2. The third-order valence-corrected chi connectivity index (χ3v) is 3.03. The Bertz CT molecular complexity index is 868. The lowest BCUT2D eigenvalue weighted by Gasteiger charge is -2.10. The number of aromatic nitrogens is 2. The van der Waals surface area contributed by atoms with Gasteiger partial charge in [0.2, 0.25) is 5.88 Å². The van der Waals surface area contributed by atoms with Crippen LogP contribution < -0.4 is 10.5 Å². The van der Waals surface area contributed by atoms with Gasteiger partial charge in [-0.3, -0.25) is 4.98 Å². The van der Waals surface area contributed by atoms with Crippen LogP contribution in [0.15, 0.2) is 42.6 Å². The van der Waals surface area contributed by atoms with Crippen LogP contribution in [0.3, 0.4) is 0 Å². The summed E-state index contributed by atoms with van der Waals surface area (Å²) in [7, 11) is 0. The van der Waals surface area contributed by atoms with E-state index < -0.39 is 0 Å². The van der Waals surface area contributed by atoms with E-state index in [4.69, 9.17) is 15.7 Å². The van der Waals surface area contributed by atoms with Crippen LogP contribution in [0.25, 0.3) is 10.9 Å². The number of nitrogens with zero attached hydrogens (tertiary/aromatic N) is 3. The predicted octanol–water partition coefficient (Wildman–Crippen LogP) is 3.18. The lowest BCUT2D eigenvalue weighted by atomic mass is 10.2. The van der Waals surface area contributed by atoms with E-state index in [2.05, 4.69) is 16.0 Å². The summed E-state index contributed by atoms with van der Waals surface area (Å²) in [6.45, 7) is 1.82. The topological polar surface area (TPSA) is 84.8 Å². The molecular weight excluding hydrogens is 264 g/mol. The molecular formula is C16H12N4O. The van der Waals surface area contributed by atoms with Crippen LogP contribution in [0, 0.1) is 18.3 Å². The van der Waals surface area contributed by atoms with Crippen LogP contribution in [0.5, 0.6) is 11.6 Å². The molecule has 0 fully saturated rings. The number of fused-ring (bicyclic) bond motifs is 1. The zero-order valence-corrected chi connectivity index (χ0v) is 11.4. The fourth-order valence-corrected chi connectivity index (χ4v) is 2.12. The number of hydrogen-bond donors (Lipinski definition) is 1. The number of pyridine rings is 2. The summed E-state index contributed by atoms with van der Waals surface area (Å²) in [6, 6.07) is 12.6. The highest BCUT2D eigenvalue weighted by molar-refractivity contribution is 5.93. The van der Waals surface area contributed by atoms with Crippen molar-refractivity contribution in [3.63, 3.8) is 0 Å². The van der Waals surface area contributed by atoms with Gasteiger partial charge in [0.05, 0.1) is 22.8 Å². The van der Waals surface area contributed by atoms with Crippen molar-refractivity contribution in [2.45, 2.75) is 6.92 Å². The molecule has 0 saturated heterocycles. The number of benzene rings is 1. The molecule has 102 valence electrons. The van der Waals surface area contributed by atoms with Gasteiger partial charge < -0.3 is 10.5 Å². The van der Waals surface area contributed by atoms with E-state index in [-0.39, 0.29) is 0 Å². The highest BCUT2D eigenvalue weighted by Gasteiger charge is 2.08. The molecule has 2 heterocycles. The number of rotatable bonds is 2. The Kier molecular flexibility index (Phi) is 3.13. The van der Waals surface area contributed by atoms with E-state index in [1.807, 2.05) is 19.1 Å². The number of nitrogens with two attached hydrogens (primary N) is 1. The monoisotopic (exact) mass is 276 g/mol. The Morgan fingerprint density at radius 2 is 2.10 bits per heavy atom. The molecule has 2 aromatic heterocycles. The van der Waals surface area contributed by atoms with Gasteiger partial charge in [-0.1, -0.05) is 0 Å². The van der Waals surface area contributed by atoms with Crippen LogP contribution in [0.4, 0.5) is 5.69 Å². The molecule has 0 bridgehead atoms. The molecule has 1 aromatic carbocycles. The number of hydrogen-bond acceptors (Lipinski definition) is 5. The first-order valence-corrected chi connectivity index (χ1v) is 6.37. The normalized spacial score (nSPS) is 10.3. The number of nitrogen functional groups attached to an aromatic ring is 1. The fraction of sp³-hybridized carbons (Fsp3) is 0.0625. The molecule has 3 rings (SSSR count). The first-order valence-electron chi connectivity index (χ1n) is 6.37. The van der Waals surface area contributed by atoms with Crippen molar-refractivity contribution >= 4 is 16.6 Å². The van der Waals surface area contributed by atoms with Gasteiger partial charge in [0, 0.05) is 23.3 Å². The zero-order valence-electron chi connectivity index (χ0n) is 11.4. The third-order valence-electron chi connectivity index (χ3n) is 3.03. The van der Waals surface area contributed by atoms with Crippen molar-refractivity contribution in [3.8, 4) is 17.7 Å². The Morgan fingerprint density at radius 3 is 2.90 bits per heavy atom. The molecule has 0 radical (unpaired) electrons. The van der Waals surface area contributed by atoms with Gasteiger partial charge in [-0.25, -0.2) is 4.98 Å². The van der Waals surface area contributed by atoms with E-state index in [0.717, 1.165) is 11.1 Å². The lowest BCUT2D eigenvalue weighted by Crippen LogP contribution is -1.95. The molecule has 0 amide bonds. The second-order valence-electron chi connectivity index (χ2n) is 4.60. The van der Waals surface area contributed by atoms with E-state index in [1.54, 1.807) is 30.5 Å². The average molecular weight is 276 g/mol. The Morgan fingerprint density at radius 1 is 1.24 bits per heavy atom. The molecule has 0 atom stereocenters. The van der Waals surface area contributed by atoms with Gasteiger partial charge >= 0.3 is 0 Å². The maximum atomic E-state index is 9.00. The quantitative estimate of drug-likeness (QED) is 0.726. The Labute approximate surface area is 121 Å². The summed E-state index contributed by atoms with van der Waals surface area (Å²) in [5.74, 6) is 0.982. The van der Waals surface area contributed by atoms with E-state index >= 15 is 0 Å². The van der Waals surface area contributed by atoms with Gasteiger partial charge in [-0.15, -0.1) is 0 Å². The maximum absolute atomic E-state index is 9.00. The molecule has 2 N–H and O–H groups in total. The summed E-state index contributed by atoms with van der Waals surface area (Å²) in [6.07, 6.45) is 1.68. The van der Waals surface area contributed by atoms with Crippen molar-refractivity contribution in [2.24, 2.45) is 0 Å². The molecule has 0 unspecified atom stereocenters. The van der Waals surface area contributed by atoms with Crippen LogP contribution in [0.2, 0.25) is 0 Å². The average Bonchev–Trinajstić information content (AvgIpc) is 2.50. The van der Waals surface area contributed by atoms with Crippen molar-refractivity contribution in [3.05, 3.63) is 53.9 Å². The predicted molar refractivity (Wildman–Crippen MR) is 79.9 cm³/mol. The molecule has 0 spiro atoms. The van der Waals surface area contributed by atoms with Gasteiger partial charge in [0.25, 0.3) is 0 Å². The van der Waals surface area contributed by atoms with Gasteiger partial charge in [-0.2, -0.15) is 5.26 Å². The lowest BCUT2D eigenvalue weighted by molar-refractivity contribution is 0.466. The zero-order chi connectivity index (χ0) is 14.8. The van der Waals surface area contributed by atoms with Crippen molar-refractivity contribution in [2.75, 3.05) is 5.73 Å². The van der Waals surface area contributed by atoms with Crippen LogP contribution in [0.1, 0.15) is 11.3 Å². The number of nitriles is 1. The van der Waals surface area contributed by atoms with E-state index in [0.29, 0.717) is 28.4 Å². The first kappa shape index (κ1) is 12.9. The molecule has 5 nitrogen and oxygen atoms in total. The second kappa shape index (κ2) is 5.10. The molecule has 21 heavy (non-hydrogen) atoms. The smallest absolute Gasteiger partial charge is 0.220 e. The molecule has 5 heteroatoms. The summed E-state index contributed by atoms with van der Waals surface area (Å²) < 4.78 is 5.81. The van der Waals surface area contributed by atoms with Crippen molar-refractivity contribution in [1.29, 1.82) is 5.26 Å². The van der Waals surface area contributed by atoms with E-state index in [1.165, 1.54) is 0 Å². The molecule has 0 aliphatic heterocycles. The minimum absolute atomic E-state index is 0.376. The summed E-state index contributed by atoms with van der Waals surface area (Å²) in [5, 5.41) is 9.81. The van der Waals surface area contributed by atoms with E-state index in [9.17, 15) is 0 Å². The highest BCUT2D eigenvalue weighted by atomic mass is 16.5. The molecule has 0 aliphatic carbocycles. The van der Waals surface area contributed by atoms with Crippen molar-refractivity contribution < 1.29 is 4.74 Å². The summed E-state index contributed by atoms with van der Waals surface area (Å²) in [4.78, 5) is 8.54. The third kappa shape index (κ3) is 2.47. The molecule has 0 saturated carbocycles. The minimum atomic E-state index is 0.376. The largest absolute Gasteiger partial charge is 0.438 e. The standard InChI is InChI=1S/C16H12N4O/c1-10-7-11(9-17)8-15(20-10)21-14-5-4-13(18)16-12(14)3-2-6-19-16/h2-8H,18H2,1H3. The number of ether oxygens (including phenoxy) is 1. The fourth-order valence-electron chi connectivity index (χ4n) is 2.12. The van der Waals surface area contributed by atoms with Crippen LogP contribution in [-0.2, 0) is 0 Å². The Hall–Kier alpha value is -3.13. The van der Waals surface area contributed by atoms with Gasteiger partial charge in [0.1, 0.15) is 5.75 Å². The highest BCUT2D eigenvalue weighted by Crippen LogP contribution is 2.31. The number of aryl methyl sites for hydroxylation is 1. The summed E-state index contributed by atoms with van der Waals surface area (Å²) in [5.41, 5.74) is 8.42. The van der Waals surface area contributed by atoms with Gasteiger partial charge in [0.15, 0.2) is 0 Å². The Balaban J connectivity index is 2.09. The maximum Gasteiger partial charge on any atom is 0.220 e.